The van der Waals surface area contributed by atoms with Gasteiger partial charge in [-0.2, -0.15) is 4.98 Å². The number of fused-ring (bicyclic) bond motifs is 1. The number of nitrogens with one attached hydrogen (secondary N) is 1. The van der Waals surface area contributed by atoms with Gasteiger partial charge in [-0.3, -0.25) is 27.5 Å². The summed E-state index contributed by atoms with van der Waals surface area (Å²) in [7, 11) is -10.5. The smallest absolute Gasteiger partial charge is 0.455 e. The highest BCUT2D eigenvalue weighted by atomic mass is 31.2. The summed E-state index contributed by atoms with van der Waals surface area (Å²) in [6.45, 7) is -0.0239. The Morgan fingerprint density at radius 3 is 2.40 bits per heavy atom. The van der Waals surface area contributed by atoms with Crippen LogP contribution in [0.25, 0.3) is 11.2 Å². The number of aliphatic hydroxyl groups excluding tert-OH is 5. The number of carbonyl (C=O) groups is 2. The molecule has 0 saturated carbocycles. The van der Waals surface area contributed by atoms with Gasteiger partial charge >= 0.3 is 27.3 Å². The van der Waals surface area contributed by atoms with E-state index in [9.17, 15) is 63.7 Å². The Morgan fingerprint density at radius 2 is 1.71 bits per heavy atom. The van der Waals surface area contributed by atoms with E-state index in [0.717, 1.165) is 17.2 Å². The van der Waals surface area contributed by atoms with Crippen LogP contribution in [0.4, 0.5) is 11.6 Å². The van der Waals surface area contributed by atoms with Crippen LogP contribution in [0.1, 0.15) is 31.7 Å². The Balaban J connectivity index is 1.23. The zero-order chi connectivity index (χ0) is 47.4. The molecule has 3 saturated heterocycles. The molecule has 3 aromatic heterocycles. The molecule has 0 aliphatic carbocycles. The number of rotatable bonds is 20. The van der Waals surface area contributed by atoms with Crippen molar-refractivity contribution in [3.05, 3.63) is 48.1 Å². The molecule has 32 heteroatoms. The SMILES string of the molecule is C=CCCC(=O)N[C@@H](CO[C@H]1O[C@H](CO)[C@@H](O)[C@H](O)[C@@H]1O)C(=O)O[C@H]1[C@@H](O)[C@H](n2cnc3c(N)ncnc32)O[C@@H]1COP(=O)(O)O[C@H]1C[C@H](n2ccc(N)nc2=O)O[C@@H]1COP(=O)(O)O. The van der Waals surface area contributed by atoms with Crippen molar-refractivity contribution in [2.24, 2.45) is 0 Å². The van der Waals surface area contributed by atoms with E-state index in [-0.39, 0.29) is 35.6 Å². The fourth-order valence-electron chi connectivity index (χ4n) is 6.88. The van der Waals surface area contributed by atoms with Crippen LogP contribution in [0.15, 0.2) is 42.4 Å². The second-order valence-corrected chi connectivity index (χ2v) is 17.3. The standard InChI is InChI=1S/C33H47N9O21P2/c1-2-3-4-20(44)39-14(9-56-32-25(47)24(46)23(45)16(8-43)61-32)31(49)62-27-18(60-30(26(27)48)42-13-38-22-28(35)36-12-37-29(22)42)11-58-65(54,55)63-15-7-21(41-6-5-19(34)40-33(41)50)59-17(15)10-57-64(51,52)53/h2,5-6,12-18,21,23-27,30,32,43,45-48H,1,3-4,7-11H2,(H,39,44)(H,54,55)(H2,34,40,50)(H2,35,36,37)(H2,51,52,53)/t14-,15-,16+,17+,18+,21+,23+,24-,25-,26+,27+,30+,32-/m0/s1. The molecule has 6 rings (SSSR count). The molecule has 0 bridgehead atoms. The number of aliphatic hydroxyl groups is 5. The van der Waals surface area contributed by atoms with E-state index in [4.69, 9.17) is 44.2 Å². The van der Waals surface area contributed by atoms with Crippen molar-refractivity contribution >= 4 is 50.3 Å². The number of anilines is 2. The summed E-state index contributed by atoms with van der Waals surface area (Å²) in [5.41, 5.74) is 10.7. The van der Waals surface area contributed by atoms with Crippen LogP contribution in [0.5, 0.6) is 0 Å². The first-order valence-electron chi connectivity index (χ1n) is 19.4. The van der Waals surface area contributed by atoms with Crippen LogP contribution in [0.3, 0.4) is 0 Å². The first-order valence-corrected chi connectivity index (χ1v) is 22.4. The Labute approximate surface area is 365 Å². The zero-order valence-corrected chi connectivity index (χ0v) is 35.5. The molecule has 3 aliphatic rings. The lowest BCUT2D eigenvalue weighted by atomic mass is 9.99. The maximum Gasteiger partial charge on any atom is 0.472 e. The number of nitrogens with zero attached hydrogens (tertiary/aromatic N) is 6. The summed E-state index contributed by atoms with van der Waals surface area (Å²) in [5.74, 6) is -2.25. The number of ether oxygens (including phenoxy) is 5. The van der Waals surface area contributed by atoms with Crippen molar-refractivity contribution in [2.75, 3.05) is 37.9 Å². The third kappa shape index (κ3) is 12.1. The number of carbonyl (C=O) groups excluding carboxylic acids is 2. The van der Waals surface area contributed by atoms with Gasteiger partial charge in [-0.15, -0.1) is 6.58 Å². The van der Waals surface area contributed by atoms with Gasteiger partial charge in [0.25, 0.3) is 0 Å². The fraction of sp³-hybridized carbons (Fsp3) is 0.606. The fourth-order valence-corrected chi connectivity index (χ4v) is 8.18. The van der Waals surface area contributed by atoms with Gasteiger partial charge in [0.1, 0.15) is 72.7 Å². The van der Waals surface area contributed by atoms with Gasteiger partial charge in [0.2, 0.25) is 5.91 Å². The maximum atomic E-state index is 14.0. The third-order valence-corrected chi connectivity index (χ3v) is 11.6. The molecule has 0 aromatic carbocycles. The average Bonchev–Trinajstić information content (AvgIpc) is 3.94. The van der Waals surface area contributed by atoms with Crippen LogP contribution in [-0.4, -0.2) is 175 Å². The molecule has 0 spiro atoms. The molecule has 3 aromatic rings. The van der Waals surface area contributed by atoms with Gasteiger partial charge in [-0.1, -0.05) is 6.08 Å². The van der Waals surface area contributed by atoms with Gasteiger partial charge in [0.05, 0.1) is 32.8 Å². The zero-order valence-electron chi connectivity index (χ0n) is 33.7. The van der Waals surface area contributed by atoms with Crippen molar-refractivity contribution < 1.29 is 96.2 Å². The van der Waals surface area contributed by atoms with Crippen LogP contribution in [0.2, 0.25) is 0 Å². The number of phosphoric ester groups is 2. The highest BCUT2D eigenvalue weighted by Gasteiger charge is 2.51. The quantitative estimate of drug-likeness (QED) is 0.0289. The predicted molar refractivity (Wildman–Crippen MR) is 211 cm³/mol. The molecule has 14 atom stereocenters. The van der Waals surface area contributed by atoms with Crippen LogP contribution in [-0.2, 0) is 56.0 Å². The Morgan fingerprint density at radius 1 is 0.969 bits per heavy atom. The monoisotopic (exact) mass is 967 g/mol. The molecule has 3 fully saturated rings. The number of esters is 1. The second-order valence-electron chi connectivity index (χ2n) is 14.6. The Bertz CT molecular complexity index is 2320. The first kappa shape index (κ1) is 50.0. The molecule has 1 unspecified atom stereocenters. The summed E-state index contributed by atoms with van der Waals surface area (Å²) >= 11 is 0. The maximum absolute atomic E-state index is 14.0. The Kier molecular flexibility index (Phi) is 16.2. The number of imidazole rings is 1. The van der Waals surface area contributed by atoms with E-state index in [1.807, 2.05) is 0 Å². The number of nitrogens with two attached hydrogens (primary N) is 2. The number of nitrogen functional groups attached to an aromatic ring is 2. The van der Waals surface area contributed by atoms with Gasteiger partial charge < -0.3 is 80.7 Å². The van der Waals surface area contributed by atoms with Gasteiger partial charge in [-0.25, -0.2) is 33.7 Å². The molecule has 6 heterocycles. The predicted octanol–water partition coefficient (Wildman–Crippen LogP) is -4.42. The van der Waals surface area contributed by atoms with Crippen LogP contribution >= 0.6 is 15.6 Å². The van der Waals surface area contributed by atoms with Crippen LogP contribution < -0.4 is 22.5 Å². The Hall–Kier alpha value is -4.43. The highest BCUT2D eigenvalue weighted by molar-refractivity contribution is 7.47. The lowest BCUT2D eigenvalue weighted by Crippen LogP contribution is -2.60. The van der Waals surface area contributed by atoms with Crippen molar-refractivity contribution in [2.45, 2.75) is 99.0 Å². The van der Waals surface area contributed by atoms with Crippen molar-refractivity contribution in [1.29, 1.82) is 0 Å². The van der Waals surface area contributed by atoms with Gasteiger partial charge in [0.15, 0.2) is 36.1 Å². The minimum absolute atomic E-state index is 0.0272. The van der Waals surface area contributed by atoms with Crippen molar-refractivity contribution in [3.63, 3.8) is 0 Å². The number of aromatic nitrogens is 6. The topological polar surface area (TPSA) is 447 Å². The number of hydrogen-bond donors (Lipinski definition) is 11. The molecule has 13 N–H and O–H groups in total. The van der Waals surface area contributed by atoms with Gasteiger partial charge in [-0.05, 0) is 12.5 Å². The molecule has 0 radical (unpaired) electrons. The number of phosphoric acid groups is 2. The molecular formula is C33H47N9O21P2. The third-order valence-electron chi connectivity index (χ3n) is 10.1. The normalized spacial score (nSPS) is 30.8. The summed E-state index contributed by atoms with van der Waals surface area (Å²) in [5, 5.41) is 54.5. The number of hydrogen-bond acceptors (Lipinski definition) is 24. The molecule has 1 amide bonds. The second kappa shape index (κ2) is 21.0. The number of amides is 1. The molecule has 30 nitrogen and oxygen atoms in total. The van der Waals surface area contributed by atoms with E-state index in [0.29, 0.717) is 0 Å². The summed E-state index contributed by atoms with van der Waals surface area (Å²) in [4.78, 5) is 84.6. The average molecular weight is 968 g/mol. The van der Waals surface area contributed by atoms with Gasteiger partial charge in [0, 0.05) is 19.0 Å². The van der Waals surface area contributed by atoms with Crippen LogP contribution in [0, 0.1) is 0 Å². The molecule has 360 valence electrons. The van der Waals surface area contributed by atoms with E-state index < -0.39 is 146 Å². The van der Waals surface area contributed by atoms with E-state index >= 15 is 0 Å². The summed E-state index contributed by atoms with van der Waals surface area (Å²) < 4.78 is 70.6. The van der Waals surface area contributed by atoms with Crippen molar-refractivity contribution in [3.8, 4) is 0 Å². The lowest BCUT2D eigenvalue weighted by molar-refractivity contribution is -0.302. The summed E-state index contributed by atoms with van der Waals surface area (Å²) in [6, 6.07) is -0.527. The largest absolute Gasteiger partial charge is 0.472 e. The molecule has 65 heavy (non-hydrogen) atoms. The number of allylic oxidation sites excluding steroid dienone is 1. The molecule has 3 aliphatic heterocycles. The molecular weight excluding hydrogens is 920 g/mol. The minimum atomic E-state index is -5.33. The highest BCUT2D eigenvalue weighted by Crippen LogP contribution is 2.50. The van der Waals surface area contributed by atoms with E-state index in [2.05, 4.69) is 36.4 Å². The first-order chi connectivity index (χ1) is 30.7. The summed E-state index contributed by atoms with van der Waals surface area (Å²) in [6.07, 6.45) is -15.5. The minimum Gasteiger partial charge on any atom is -0.455 e. The van der Waals surface area contributed by atoms with E-state index in [1.165, 1.54) is 22.9 Å². The van der Waals surface area contributed by atoms with E-state index in [1.54, 1.807) is 0 Å². The van der Waals surface area contributed by atoms with Crippen molar-refractivity contribution in [1.82, 2.24) is 34.4 Å². The lowest BCUT2D eigenvalue weighted by Gasteiger charge is -2.39.